The van der Waals surface area contributed by atoms with Crippen LogP contribution >= 0.6 is 11.8 Å². The molecule has 0 radical (unpaired) electrons. The van der Waals surface area contributed by atoms with Gasteiger partial charge in [-0.1, -0.05) is 17.8 Å². The van der Waals surface area contributed by atoms with Crippen molar-refractivity contribution >= 4 is 23.7 Å². The number of urea groups is 1. The van der Waals surface area contributed by atoms with Gasteiger partial charge in [0.2, 0.25) is 5.91 Å². The summed E-state index contributed by atoms with van der Waals surface area (Å²) in [6.07, 6.45) is 4.05. The molecule has 1 aromatic rings. The zero-order valence-electron chi connectivity index (χ0n) is 14.6. The first-order valence-electron chi connectivity index (χ1n) is 8.05. The van der Waals surface area contributed by atoms with E-state index in [1.165, 1.54) is 11.8 Å². The topological polar surface area (TPSA) is 88.9 Å². The van der Waals surface area contributed by atoms with Gasteiger partial charge in [0, 0.05) is 18.0 Å². The molecule has 132 valence electrons. The minimum Gasteiger partial charge on any atom is -0.333 e. The Labute approximate surface area is 146 Å². The Morgan fingerprint density at radius 1 is 1.42 bits per heavy atom. The smallest absolute Gasteiger partial charge is 0.321 e. The highest BCUT2D eigenvalue weighted by Gasteiger charge is 2.31. The number of allylic oxidation sites excluding steroid dienone is 1. The summed E-state index contributed by atoms with van der Waals surface area (Å²) >= 11 is 1.29. The molecule has 1 aliphatic carbocycles. The van der Waals surface area contributed by atoms with Gasteiger partial charge >= 0.3 is 6.03 Å². The Balaban J connectivity index is 1.98. The number of hydrogen-bond donors (Lipinski definition) is 2. The third-order valence-corrected chi connectivity index (χ3v) is 4.46. The molecule has 7 nitrogen and oxygen atoms in total. The summed E-state index contributed by atoms with van der Waals surface area (Å²) < 4.78 is 1.99. The van der Waals surface area contributed by atoms with Crippen molar-refractivity contribution in [1.82, 2.24) is 25.4 Å². The number of thioether (sulfide) groups is 1. The van der Waals surface area contributed by atoms with Crippen molar-refractivity contribution in [1.29, 1.82) is 0 Å². The minimum atomic E-state index is -0.494. The maximum absolute atomic E-state index is 12.2. The number of hydrogen-bond acceptors (Lipinski definition) is 5. The zero-order chi connectivity index (χ0) is 17.9. The molecule has 0 saturated heterocycles. The largest absolute Gasteiger partial charge is 0.333 e. The van der Waals surface area contributed by atoms with E-state index >= 15 is 0 Å². The van der Waals surface area contributed by atoms with Crippen LogP contribution in [0.25, 0.3) is 0 Å². The SMILES string of the molecule is C=CCn1c(S[C@H](C)C(=O)NC(=O)NC(C)(C)C)nnc1C1CC1. The van der Waals surface area contributed by atoms with Crippen LogP contribution in [-0.2, 0) is 11.3 Å². The van der Waals surface area contributed by atoms with Gasteiger partial charge in [0.25, 0.3) is 0 Å². The maximum atomic E-state index is 12.2. The Kier molecular flexibility index (Phi) is 5.69. The van der Waals surface area contributed by atoms with Crippen molar-refractivity contribution in [3.63, 3.8) is 0 Å². The number of nitrogens with zero attached hydrogens (tertiary/aromatic N) is 3. The van der Waals surface area contributed by atoms with Gasteiger partial charge in [-0.3, -0.25) is 10.1 Å². The molecule has 1 aromatic heterocycles. The second-order valence-corrected chi connectivity index (χ2v) is 8.28. The maximum Gasteiger partial charge on any atom is 0.321 e. The van der Waals surface area contributed by atoms with Crippen LogP contribution in [0, 0.1) is 0 Å². The Hall–Kier alpha value is -1.83. The molecule has 1 atom stereocenters. The lowest BCUT2D eigenvalue weighted by molar-refractivity contribution is -0.119. The second-order valence-electron chi connectivity index (χ2n) is 6.97. The van der Waals surface area contributed by atoms with Gasteiger partial charge in [-0.25, -0.2) is 4.79 Å². The van der Waals surface area contributed by atoms with Gasteiger partial charge in [0.1, 0.15) is 5.82 Å². The monoisotopic (exact) mass is 351 g/mol. The van der Waals surface area contributed by atoms with Crippen LogP contribution < -0.4 is 10.6 Å². The molecular weight excluding hydrogens is 326 g/mol. The van der Waals surface area contributed by atoms with Crippen LogP contribution in [-0.4, -0.2) is 37.5 Å². The van der Waals surface area contributed by atoms with Crippen molar-refractivity contribution in [3.8, 4) is 0 Å². The summed E-state index contributed by atoms with van der Waals surface area (Å²) in [6.45, 7) is 11.7. The predicted molar refractivity (Wildman–Crippen MR) is 93.9 cm³/mol. The third-order valence-electron chi connectivity index (χ3n) is 3.38. The fourth-order valence-electron chi connectivity index (χ4n) is 2.13. The van der Waals surface area contributed by atoms with Crippen molar-refractivity contribution in [2.24, 2.45) is 0 Å². The lowest BCUT2D eigenvalue weighted by Gasteiger charge is -2.21. The summed E-state index contributed by atoms with van der Waals surface area (Å²) in [7, 11) is 0. The molecule has 0 spiro atoms. The molecule has 0 unspecified atom stereocenters. The summed E-state index contributed by atoms with van der Waals surface area (Å²) in [6, 6.07) is -0.494. The van der Waals surface area contributed by atoms with Crippen LogP contribution in [0.5, 0.6) is 0 Å². The van der Waals surface area contributed by atoms with E-state index in [4.69, 9.17) is 0 Å². The number of carbonyl (C=O) groups is 2. The van der Waals surface area contributed by atoms with Crippen LogP contribution in [0.15, 0.2) is 17.8 Å². The molecule has 2 rings (SSSR count). The van der Waals surface area contributed by atoms with Gasteiger partial charge in [-0.05, 0) is 40.5 Å². The Morgan fingerprint density at radius 3 is 2.62 bits per heavy atom. The second kappa shape index (κ2) is 7.38. The van der Waals surface area contributed by atoms with Gasteiger partial charge < -0.3 is 9.88 Å². The fraction of sp³-hybridized carbons (Fsp3) is 0.625. The Bertz CT molecular complexity index is 631. The van der Waals surface area contributed by atoms with Crippen molar-refractivity contribution < 1.29 is 9.59 Å². The number of amides is 3. The van der Waals surface area contributed by atoms with E-state index in [1.54, 1.807) is 13.0 Å². The minimum absolute atomic E-state index is 0.358. The van der Waals surface area contributed by atoms with Crippen LogP contribution in [0.4, 0.5) is 4.79 Å². The molecule has 0 aliphatic heterocycles. The van der Waals surface area contributed by atoms with E-state index in [1.807, 2.05) is 25.3 Å². The highest BCUT2D eigenvalue weighted by Crippen LogP contribution is 2.40. The lowest BCUT2D eigenvalue weighted by Crippen LogP contribution is -2.49. The Morgan fingerprint density at radius 2 is 2.08 bits per heavy atom. The van der Waals surface area contributed by atoms with E-state index < -0.39 is 16.8 Å². The van der Waals surface area contributed by atoms with Gasteiger partial charge in [-0.2, -0.15) is 0 Å². The first-order chi connectivity index (χ1) is 11.2. The number of aromatic nitrogens is 3. The third kappa shape index (κ3) is 5.09. The molecule has 1 aliphatic rings. The molecule has 24 heavy (non-hydrogen) atoms. The van der Waals surface area contributed by atoms with Crippen LogP contribution in [0.2, 0.25) is 0 Å². The molecule has 1 saturated carbocycles. The van der Waals surface area contributed by atoms with Gasteiger partial charge in [-0.15, -0.1) is 16.8 Å². The number of nitrogens with one attached hydrogen (secondary N) is 2. The highest BCUT2D eigenvalue weighted by atomic mass is 32.2. The first kappa shape index (κ1) is 18.5. The number of rotatable bonds is 6. The number of imide groups is 1. The average molecular weight is 351 g/mol. The van der Waals surface area contributed by atoms with Crippen molar-refractivity contribution in [3.05, 3.63) is 18.5 Å². The highest BCUT2D eigenvalue weighted by molar-refractivity contribution is 8.00. The van der Waals surface area contributed by atoms with Crippen LogP contribution in [0.3, 0.4) is 0 Å². The first-order valence-corrected chi connectivity index (χ1v) is 8.93. The molecular formula is C16H25N5O2S. The number of carbonyl (C=O) groups excluding carboxylic acids is 2. The molecule has 1 fully saturated rings. The van der Waals surface area contributed by atoms with Gasteiger partial charge in [0.05, 0.1) is 5.25 Å². The molecule has 8 heteroatoms. The quantitative estimate of drug-likeness (QED) is 0.607. The predicted octanol–water partition coefficient (Wildman–Crippen LogP) is 2.45. The summed E-state index contributed by atoms with van der Waals surface area (Å²) in [5.74, 6) is 1.06. The molecule has 2 N–H and O–H groups in total. The average Bonchev–Trinajstić information content (AvgIpc) is 3.21. The van der Waals surface area contributed by atoms with Crippen LogP contribution in [0.1, 0.15) is 52.3 Å². The fourth-order valence-corrected chi connectivity index (χ4v) is 2.99. The molecule has 1 heterocycles. The summed E-state index contributed by atoms with van der Waals surface area (Å²) in [5.41, 5.74) is -0.399. The van der Waals surface area contributed by atoms with E-state index in [-0.39, 0.29) is 5.91 Å². The summed E-state index contributed by atoms with van der Waals surface area (Å²) in [4.78, 5) is 24.0. The van der Waals surface area contributed by atoms with Crippen molar-refractivity contribution in [2.45, 2.75) is 68.9 Å². The van der Waals surface area contributed by atoms with Crippen molar-refractivity contribution in [2.75, 3.05) is 0 Å². The van der Waals surface area contributed by atoms with E-state index in [0.29, 0.717) is 17.6 Å². The van der Waals surface area contributed by atoms with E-state index in [0.717, 1.165) is 18.7 Å². The summed E-state index contributed by atoms with van der Waals surface area (Å²) in [5, 5.41) is 13.7. The lowest BCUT2D eigenvalue weighted by atomic mass is 10.1. The standard InChI is InChI=1S/C16H25N5O2S/c1-6-9-21-12(11-7-8-11)19-20-15(21)24-10(2)13(22)17-14(23)18-16(3,4)5/h6,10-11H,1,7-9H2,2-5H3,(H2,17,18,22,23)/t10-/m1/s1. The molecule has 0 bridgehead atoms. The zero-order valence-corrected chi connectivity index (χ0v) is 15.4. The molecule has 0 aromatic carbocycles. The van der Waals surface area contributed by atoms with E-state index in [2.05, 4.69) is 27.4 Å². The molecule has 3 amide bonds. The van der Waals surface area contributed by atoms with Gasteiger partial charge in [0.15, 0.2) is 5.16 Å². The van der Waals surface area contributed by atoms with E-state index in [9.17, 15) is 9.59 Å². The normalized spacial score (nSPS) is 15.7.